The van der Waals surface area contributed by atoms with Gasteiger partial charge in [0.25, 0.3) is 0 Å². The minimum absolute atomic E-state index is 0.561. The Balaban J connectivity index is 2.20. The molecular formula is C14H20BrN. The first-order valence-corrected chi connectivity index (χ1v) is 7.01. The fraction of sp³-hybridized carbons (Fsp3) is 0.571. The fourth-order valence-corrected chi connectivity index (χ4v) is 2.66. The molecule has 1 aliphatic rings. The van der Waals surface area contributed by atoms with Crippen LogP contribution in [0.2, 0.25) is 0 Å². The van der Waals surface area contributed by atoms with E-state index in [9.17, 15) is 0 Å². The molecule has 88 valence electrons. The lowest BCUT2D eigenvalue weighted by molar-refractivity contribution is 0.233. The zero-order chi connectivity index (χ0) is 11.5. The van der Waals surface area contributed by atoms with Crippen molar-refractivity contribution >= 4 is 15.9 Å². The van der Waals surface area contributed by atoms with Gasteiger partial charge >= 0.3 is 0 Å². The summed E-state index contributed by atoms with van der Waals surface area (Å²) in [5, 5.41) is 3.63. The van der Waals surface area contributed by atoms with Crippen LogP contribution in [0.25, 0.3) is 0 Å². The molecule has 0 saturated heterocycles. The topological polar surface area (TPSA) is 12.0 Å². The molecule has 0 radical (unpaired) electrons. The van der Waals surface area contributed by atoms with Crippen LogP contribution in [0, 0.1) is 12.8 Å². The average Bonchev–Trinajstić information content (AvgIpc) is 2.19. The lowest BCUT2D eigenvalue weighted by Crippen LogP contribution is -2.32. The Hall–Kier alpha value is -0.340. The summed E-state index contributed by atoms with van der Waals surface area (Å²) in [5.74, 6) is 0.848. The van der Waals surface area contributed by atoms with E-state index in [-0.39, 0.29) is 0 Å². The van der Waals surface area contributed by atoms with Gasteiger partial charge in [-0.3, -0.25) is 0 Å². The van der Waals surface area contributed by atoms with E-state index in [1.54, 1.807) is 0 Å². The summed E-state index contributed by atoms with van der Waals surface area (Å²) in [7, 11) is 0. The van der Waals surface area contributed by atoms with Gasteiger partial charge in [-0.05, 0) is 49.4 Å². The number of aryl methyl sites for hydroxylation is 1. The summed E-state index contributed by atoms with van der Waals surface area (Å²) in [4.78, 5) is 0. The number of nitrogens with one attached hydrogen (secondary N) is 1. The Morgan fingerprint density at radius 2 is 2.19 bits per heavy atom. The SMILES string of the molecule is CCNC(c1ccc(Br)c(C)c1)C1CCC1. The van der Waals surface area contributed by atoms with Gasteiger partial charge in [-0.1, -0.05) is 41.4 Å². The average molecular weight is 282 g/mol. The minimum Gasteiger partial charge on any atom is -0.310 e. The Labute approximate surface area is 107 Å². The van der Waals surface area contributed by atoms with Gasteiger partial charge in [0.15, 0.2) is 0 Å². The molecular weight excluding hydrogens is 262 g/mol. The molecule has 1 aromatic carbocycles. The van der Waals surface area contributed by atoms with Crippen LogP contribution in [0.5, 0.6) is 0 Å². The molecule has 1 nitrogen and oxygen atoms in total. The number of benzene rings is 1. The first kappa shape index (κ1) is 12.1. The molecule has 1 fully saturated rings. The zero-order valence-electron chi connectivity index (χ0n) is 10.1. The van der Waals surface area contributed by atoms with Crippen molar-refractivity contribution in [1.82, 2.24) is 5.32 Å². The highest BCUT2D eigenvalue weighted by Gasteiger charge is 2.27. The second kappa shape index (κ2) is 5.33. The molecule has 1 atom stereocenters. The molecule has 0 bridgehead atoms. The summed E-state index contributed by atoms with van der Waals surface area (Å²) in [5.41, 5.74) is 2.78. The second-order valence-corrected chi connectivity index (χ2v) is 5.59. The lowest BCUT2D eigenvalue weighted by Gasteiger charge is -2.34. The van der Waals surface area contributed by atoms with E-state index in [0.717, 1.165) is 12.5 Å². The highest BCUT2D eigenvalue weighted by Crippen LogP contribution is 2.38. The van der Waals surface area contributed by atoms with Gasteiger partial charge in [-0.25, -0.2) is 0 Å². The Kier molecular flexibility index (Phi) is 4.04. The molecule has 2 rings (SSSR count). The monoisotopic (exact) mass is 281 g/mol. The van der Waals surface area contributed by atoms with Crippen molar-refractivity contribution in [2.75, 3.05) is 6.54 Å². The van der Waals surface area contributed by atoms with Crippen LogP contribution in [0.15, 0.2) is 22.7 Å². The van der Waals surface area contributed by atoms with E-state index in [1.807, 2.05) is 0 Å². The summed E-state index contributed by atoms with van der Waals surface area (Å²) < 4.78 is 1.21. The van der Waals surface area contributed by atoms with E-state index < -0.39 is 0 Å². The molecule has 0 aromatic heterocycles. The van der Waals surface area contributed by atoms with Crippen LogP contribution in [-0.4, -0.2) is 6.54 Å². The smallest absolute Gasteiger partial charge is 0.0348 e. The first-order chi connectivity index (χ1) is 7.72. The van der Waals surface area contributed by atoms with Crippen molar-refractivity contribution in [2.24, 2.45) is 5.92 Å². The number of rotatable bonds is 4. The van der Waals surface area contributed by atoms with E-state index >= 15 is 0 Å². The van der Waals surface area contributed by atoms with Crippen molar-refractivity contribution in [2.45, 2.75) is 39.2 Å². The van der Waals surface area contributed by atoms with Gasteiger partial charge in [-0.2, -0.15) is 0 Å². The first-order valence-electron chi connectivity index (χ1n) is 6.21. The van der Waals surface area contributed by atoms with Crippen LogP contribution in [0.1, 0.15) is 43.4 Å². The van der Waals surface area contributed by atoms with Gasteiger partial charge in [-0.15, -0.1) is 0 Å². The van der Waals surface area contributed by atoms with E-state index in [4.69, 9.17) is 0 Å². The maximum atomic E-state index is 3.63. The normalized spacial score (nSPS) is 18.2. The minimum atomic E-state index is 0.561. The molecule has 0 amide bonds. The molecule has 0 spiro atoms. The predicted octanol–water partition coefficient (Wildman–Crippen LogP) is 4.21. The van der Waals surface area contributed by atoms with Gasteiger partial charge in [0.1, 0.15) is 0 Å². The largest absolute Gasteiger partial charge is 0.310 e. The van der Waals surface area contributed by atoms with Crippen molar-refractivity contribution in [3.05, 3.63) is 33.8 Å². The van der Waals surface area contributed by atoms with Gasteiger partial charge in [0.2, 0.25) is 0 Å². The number of halogens is 1. The maximum Gasteiger partial charge on any atom is 0.0348 e. The number of hydrogen-bond donors (Lipinski definition) is 1. The summed E-state index contributed by atoms with van der Waals surface area (Å²) in [6, 6.07) is 7.30. The Bertz CT molecular complexity index is 358. The summed E-state index contributed by atoms with van der Waals surface area (Å²) in [6.45, 7) is 5.41. The van der Waals surface area contributed by atoms with E-state index in [0.29, 0.717) is 6.04 Å². The highest BCUT2D eigenvalue weighted by atomic mass is 79.9. The molecule has 2 heteroatoms. The van der Waals surface area contributed by atoms with Gasteiger partial charge in [0.05, 0.1) is 0 Å². The second-order valence-electron chi connectivity index (χ2n) is 4.73. The van der Waals surface area contributed by atoms with E-state index in [1.165, 1.54) is 34.9 Å². The van der Waals surface area contributed by atoms with Crippen molar-refractivity contribution < 1.29 is 0 Å². The summed E-state index contributed by atoms with van der Waals surface area (Å²) in [6.07, 6.45) is 4.17. The fourth-order valence-electron chi connectivity index (χ4n) is 2.41. The molecule has 1 saturated carbocycles. The van der Waals surface area contributed by atoms with Crippen LogP contribution in [-0.2, 0) is 0 Å². The zero-order valence-corrected chi connectivity index (χ0v) is 11.7. The lowest BCUT2D eigenvalue weighted by atomic mass is 9.77. The predicted molar refractivity (Wildman–Crippen MR) is 72.6 cm³/mol. The van der Waals surface area contributed by atoms with Crippen LogP contribution >= 0.6 is 15.9 Å². The third kappa shape index (κ3) is 2.49. The van der Waals surface area contributed by atoms with Crippen molar-refractivity contribution in [3.8, 4) is 0 Å². The maximum absolute atomic E-state index is 3.63. The molecule has 1 unspecified atom stereocenters. The van der Waals surface area contributed by atoms with Gasteiger partial charge in [0, 0.05) is 10.5 Å². The van der Waals surface area contributed by atoms with Crippen LogP contribution in [0.3, 0.4) is 0 Å². The third-order valence-electron chi connectivity index (χ3n) is 3.59. The molecule has 0 heterocycles. The highest BCUT2D eigenvalue weighted by molar-refractivity contribution is 9.10. The summed E-state index contributed by atoms with van der Waals surface area (Å²) >= 11 is 3.57. The van der Waals surface area contributed by atoms with Crippen LogP contribution in [0.4, 0.5) is 0 Å². The Morgan fingerprint density at radius 1 is 1.44 bits per heavy atom. The molecule has 1 N–H and O–H groups in total. The molecule has 1 aliphatic carbocycles. The molecule has 0 aliphatic heterocycles. The van der Waals surface area contributed by atoms with E-state index in [2.05, 4.69) is 53.3 Å². The quantitative estimate of drug-likeness (QED) is 0.872. The van der Waals surface area contributed by atoms with Crippen molar-refractivity contribution in [3.63, 3.8) is 0 Å². The number of hydrogen-bond acceptors (Lipinski definition) is 1. The molecule has 16 heavy (non-hydrogen) atoms. The standard InChI is InChI=1S/C14H20BrN/c1-3-16-14(11-5-4-6-11)12-7-8-13(15)10(2)9-12/h7-9,11,14,16H,3-6H2,1-2H3. The third-order valence-corrected chi connectivity index (χ3v) is 4.48. The van der Waals surface area contributed by atoms with Gasteiger partial charge < -0.3 is 5.32 Å². The van der Waals surface area contributed by atoms with Crippen molar-refractivity contribution in [1.29, 1.82) is 0 Å². The molecule has 1 aromatic rings. The Morgan fingerprint density at radius 3 is 2.69 bits per heavy atom. The van der Waals surface area contributed by atoms with Crippen LogP contribution < -0.4 is 5.32 Å².